The molecule has 100 valence electrons. The average molecular weight is 284 g/mol. The lowest BCUT2D eigenvalue weighted by Crippen LogP contribution is -2.12. The van der Waals surface area contributed by atoms with Crippen LogP contribution in [-0.4, -0.2) is 23.5 Å². The quantitative estimate of drug-likeness (QED) is 0.228. The van der Waals surface area contributed by atoms with Crippen molar-refractivity contribution in [3.63, 3.8) is 0 Å². The number of nitrogens with zero attached hydrogens (tertiary/aromatic N) is 3. The van der Waals surface area contributed by atoms with Crippen molar-refractivity contribution in [2.24, 2.45) is 4.99 Å². The Morgan fingerprint density at radius 2 is 2.37 bits per heavy atom. The molecule has 1 rings (SSSR count). The number of ether oxygens (including phenoxy) is 1. The molecule has 0 aliphatic heterocycles. The molecule has 0 saturated carbocycles. The maximum atomic E-state index is 13.4. The second-order valence-corrected chi connectivity index (χ2v) is 3.89. The molecule has 0 unspecified atom stereocenters. The molecule has 0 fully saturated rings. The molecule has 0 heterocycles. The van der Waals surface area contributed by atoms with E-state index in [4.69, 9.17) is 10.00 Å². The fourth-order valence-corrected chi connectivity index (χ4v) is 1.54. The number of hydrogen-bond donors (Lipinski definition) is 1. The molecule has 9 heteroatoms. The van der Waals surface area contributed by atoms with E-state index in [9.17, 15) is 14.5 Å². The van der Waals surface area contributed by atoms with Gasteiger partial charge in [0.25, 0.3) is 0 Å². The third kappa shape index (κ3) is 3.56. The van der Waals surface area contributed by atoms with Crippen molar-refractivity contribution in [1.29, 1.82) is 5.26 Å². The molecule has 1 aromatic carbocycles. The highest BCUT2D eigenvalue weighted by molar-refractivity contribution is 8.13. The van der Waals surface area contributed by atoms with Gasteiger partial charge in [0.05, 0.1) is 12.0 Å². The van der Waals surface area contributed by atoms with E-state index in [1.807, 2.05) is 0 Å². The van der Waals surface area contributed by atoms with Crippen molar-refractivity contribution in [2.75, 3.05) is 13.4 Å². The topological polar surface area (TPSA) is 101 Å². The van der Waals surface area contributed by atoms with Gasteiger partial charge in [0, 0.05) is 12.1 Å². The number of thioether (sulfide) groups is 1. The fraction of sp³-hybridized carbons (Fsp3) is 0.200. The van der Waals surface area contributed by atoms with Crippen molar-refractivity contribution >= 4 is 28.3 Å². The molecule has 19 heavy (non-hydrogen) atoms. The van der Waals surface area contributed by atoms with Gasteiger partial charge >= 0.3 is 5.69 Å². The van der Waals surface area contributed by atoms with Crippen molar-refractivity contribution in [2.45, 2.75) is 0 Å². The Bertz CT molecular complexity index is 571. The van der Waals surface area contributed by atoms with E-state index in [0.717, 1.165) is 23.9 Å². The minimum Gasteiger partial charge on any atom is -0.494 e. The van der Waals surface area contributed by atoms with Gasteiger partial charge in [-0.2, -0.15) is 9.65 Å². The molecule has 0 aromatic heterocycles. The number of nitrogens with one attached hydrogen (secondary N) is 1. The molecule has 0 aliphatic rings. The second kappa shape index (κ2) is 6.55. The van der Waals surface area contributed by atoms with Gasteiger partial charge in [-0.15, -0.1) is 0 Å². The number of methoxy groups -OCH3 is 1. The first-order valence-corrected chi connectivity index (χ1v) is 6.05. The number of aliphatic imine (C=N–C) groups is 1. The SMILES string of the molecule is COc1cc(F)c([N+](=O)[O-])cc1N=C(NC#N)SC. The van der Waals surface area contributed by atoms with Crippen LogP contribution in [0, 0.1) is 27.4 Å². The molecule has 0 bridgehead atoms. The summed E-state index contributed by atoms with van der Waals surface area (Å²) in [5.41, 5.74) is -0.653. The van der Waals surface area contributed by atoms with Crippen LogP contribution in [0.2, 0.25) is 0 Å². The highest BCUT2D eigenvalue weighted by Crippen LogP contribution is 2.34. The lowest BCUT2D eigenvalue weighted by atomic mass is 10.2. The maximum absolute atomic E-state index is 13.4. The smallest absolute Gasteiger partial charge is 0.307 e. The van der Waals surface area contributed by atoms with E-state index < -0.39 is 16.4 Å². The summed E-state index contributed by atoms with van der Waals surface area (Å²) in [5.74, 6) is -0.978. The van der Waals surface area contributed by atoms with Crippen LogP contribution < -0.4 is 10.1 Å². The Hall–Kier alpha value is -2.34. The summed E-state index contributed by atoms with van der Waals surface area (Å²) >= 11 is 1.12. The van der Waals surface area contributed by atoms with Crippen molar-refractivity contribution < 1.29 is 14.1 Å². The van der Waals surface area contributed by atoms with Crippen LogP contribution in [0.4, 0.5) is 15.8 Å². The number of nitriles is 1. The van der Waals surface area contributed by atoms with Crippen molar-refractivity contribution in [3.05, 3.63) is 28.1 Å². The Kier molecular flexibility index (Phi) is 5.08. The third-order valence-corrected chi connectivity index (χ3v) is 2.60. The molecule has 0 saturated heterocycles. The Morgan fingerprint density at radius 1 is 1.68 bits per heavy atom. The molecular weight excluding hydrogens is 275 g/mol. The normalized spacial score (nSPS) is 10.7. The predicted molar refractivity (Wildman–Crippen MR) is 69.0 cm³/mol. The van der Waals surface area contributed by atoms with Crippen LogP contribution >= 0.6 is 11.8 Å². The number of hydrogen-bond acceptors (Lipinski definition) is 6. The Morgan fingerprint density at radius 3 is 2.84 bits per heavy atom. The van der Waals surface area contributed by atoms with Gasteiger partial charge in [-0.1, -0.05) is 11.8 Å². The fourth-order valence-electron chi connectivity index (χ4n) is 1.21. The van der Waals surface area contributed by atoms with E-state index >= 15 is 0 Å². The minimum absolute atomic E-state index is 0.0365. The number of rotatable bonds is 3. The summed E-state index contributed by atoms with van der Waals surface area (Å²) in [5, 5.41) is 21.7. The van der Waals surface area contributed by atoms with Crippen LogP contribution in [0.15, 0.2) is 17.1 Å². The first-order chi connectivity index (χ1) is 9.03. The monoisotopic (exact) mass is 284 g/mol. The van der Waals surface area contributed by atoms with E-state index in [-0.39, 0.29) is 16.6 Å². The largest absolute Gasteiger partial charge is 0.494 e. The van der Waals surface area contributed by atoms with Crippen LogP contribution in [0.3, 0.4) is 0 Å². The van der Waals surface area contributed by atoms with Gasteiger partial charge in [-0.3, -0.25) is 15.4 Å². The molecular formula is C10H9FN4O3S. The van der Waals surface area contributed by atoms with Crippen LogP contribution in [0.5, 0.6) is 5.75 Å². The van der Waals surface area contributed by atoms with Gasteiger partial charge in [0.2, 0.25) is 5.82 Å². The zero-order valence-electron chi connectivity index (χ0n) is 10.0. The summed E-state index contributed by atoms with van der Waals surface area (Å²) < 4.78 is 18.3. The van der Waals surface area contributed by atoms with Gasteiger partial charge in [0.15, 0.2) is 11.4 Å². The number of nitro benzene ring substituents is 1. The third-order valence-electron chi connectivity index (χ3n) is 2.02. The number of halogens is 1. The second-order valence-electron chi connectivity index (χ2n) is 3.09. The molecule has 0 spiro atoms. The molecule has 0 amide bonds. The molecule has 7 nitrogen and oxygen atoms in total. The minimum atomic E-state index is -1.01. The molecule has 1 aromatic rings. The average Bonchev–Trinajstić information content (AvgIpc) is 2.39. The van der Waals surface area contributed by atoms with Gasteiger partial charge in [0.1, 0.15) is 11.4 Å². The molecule has 1 N–H and O–H groups in total. The van der Waals surface area contributed by atoms with Crippen LogP contribution in [0.25, 0.3) is 0 Å². The van der Waals surface area contributed by atoms with Crippen molar-refractivity contribution in [1.82, 2.24) is 5.32 Å². The van der Waals surface area contributed by atoms with Crippen LogP contribution in [0.1, 0.15) is 0 Å². The summed E-state index contributed by atoms with van der Waals surface area (Å²) in [6.45, 7) is 0. The lowest BCUT2D eigenvalue weighted by Gasteiger charge is -2.06. The molecule has 0 aliphatic carbocycles. The first kappa shape index (κ1) is 14.7. The summed E-state index contributed by atoms with van der Waals surface area (Å²) in [7, 11) is 1.29. The molecule has 0 radical (unpaired) electrons. The van der Waals surface area contributed by atoms with Gasteiger partial charge < -0.3 is 4.74 Å². The van der Waals surface area contributed by atoms with E-state index in [1.54, 1.807) is 12.4 Å². The zero-order valence-corrected chi connectivity index (χ0v) is 10.8. The van der Waals surface area contributed by atoms with Gasteiger partial charge in [-0.05, 0) is 6.26 Å². The molecule has 0 atom stereocenters. The number of nitro groups is 1. The van der Waals surface area contributed by atoms with Gasteiger partial charge in [-0.25, -0.2) is 4.99 Å². The van der Waals surface area contributed by atoms with E-state index in [0.29, 0.717) is 0 Å². The predicted octanol–water partition coefficient (Wildman–Crippen LogP) is 2.16. The maximum Gasteiger partial charge on any atom is 0.307 e. The standard InChI is InChI=1S/C10H9FN4O3S/c1-18-9-3-6(11)8(15(16)17)4-7(9)14-10(19-2)13-5-12/h3-4H,1-2H3,(H,13,14). The first-order valence-electron chi connectivity index (χ1n) is 4.83. The Labute approximate surface area is 112 Å². The number of amidine groups is 1. The summed E-state index contributed by atoms with van der Waals surface area (Å²) in [4.78, 5) is 13.8. The Balaban J connectivity index is 3.36. The van der Waals surface area contributed by atoms with E-state index in [2.05, 4.69) is 10.3 Å². The summed E-state index contributed by atoms with van der Waals surface area (Å²) in [6.07, 6.45) is 3.34. The van der Waals surface area contributed by atoms with Crippen LogP contribution in [-0.2, 0) is 0 Å². The van der Waals surface area contributed by atoms with E-state index in [1.165, 1.54) is 7.11 Å². The summed E-state index contributed by atoms with van der Waals surface area (Å²) in [6, 6.07) is 1.82. The van der Waals surface area contributed by atoms with Crippen molar-refractivity contribution in [3.8, 4) is 11.9 Å². The number of benzene rings is 1. The highest BCUT2D eigenvalue weighted by atomic mass is 32.2. The lowest BCUT2D eigenvalue weighted by molar-refractivity contribution is -0.387. The zero-order chi connectivity index (χ0) is 14.4. The highest BCUT2D eigenvalue weighted by Gasteiger charge is 2.19.